The number of nitriles is 1. The minimum absolute atomic E-state index is 0.0731. The SMILES string of the molecule is N#Cc1oc2ccccc2c1Oc1nc(NN)ncc1Br. The molecule has 0 aliphatic rings. The Morgan fingerprint density at radius 1 is 1.38 bits per heavy atom. The van der Waals surface area contributed by atoms with Gasteiger partial charge in [0.1, 0.15) is 11.7 Å². The Kier molecular flexibility index (Phi) is 3.43. The van der Waals surface area contributed by atoms with Crippen molar-refractivity contribution in [2.24, 2.45) is 5.84 Å². The summed E-state index contributed by atoms with van der Waals surface area (Å²) in [7, 11) is 0. The summed E-state index contributed by atoms with van der Waals surface area (Å²) < 4.78 is 11.7. The van der Waals surface area contributed by atoms with Crippen molar-refractivity contribution in [2.75, 3.05) is 5.43 Å². The minimum Gasteiger partial charge on any atom is -0.442 e. The zero-order valence-corrected chi connectivity index (χ0v) is 12.1. The van der Waals surface area contributed by atoms with Crippen LogP contribution in [-0.4, -0.2) is 9.97 Å². The monoisotopic (exact) mass is 345 g/mol. The van der Waals surface area contributed by atoms with Crippen molar-refractivity contribution in [1.82, 2.24) is 9.97 Å². The van der Waals surface area contributed by atoms with Crippen molar-refractivity contribution < 1.29 is 9.15 Å². The molecular weight excluding hydrogens is 338 g/mol. The maximum Gasteiger partial charge on any atom is 0.247 e. The van der Waals surface area contributed by atoms with E-state index in [9.17, 15) is 0 Å². The van der Waals surface area contributed by atoms with E-state index < -0.39 is 0 Å². The summed E-state index contributed by atoms with van der Waals surface area (Å²) in [5, 5.41) is 9.85. The summed E-state index contributed by atoms with van der Waals surface area (Å²) in [5.74, 6) is 6.06. The van der Waals surface area contributed by atoms with E-state index in [0.717, 1.165) is 0 Å². The molecule has 8 heteroatoms. The number of anilines is 1. The number of hydrogen-bond acceptors (Lipinski definition) is 7. The largest absolute Gasteiger partial charge is 0.442 e. The Morgan fingerprint density at radius 3 is 2.95 bits per heavy atom. The minimum atomic E-state index is 0.0731. The van der Waals surface area contributed by atoms with Crippen LogP contribution in [0.15, 0.2) is 39.4 Å². The van der Waals surface area contributed by atoms with Crippen molar-refractivity contribution in [1.29, 1.82) is 5.26 Å². The number of benzene rings is 1. The predicted molar refractivity (Wildman–Crippen MR) is 78.5 cm³/mol. The first kappa shape index (κ1) is 13.4. The molecule has 0 spiro atoms. The lowest BCUT2D eigenvalue weighted by Gasteiger charge is -2.06. The standard InChI is InChI=1S/C13H8BrN5O2/c14-8-6-17-13(19-16)18-12(8)21-11-7-3-1-2-4-9(7)20-10(11)5-15/h1-4,6H,16H2,(H,17,18,19). The number of furan rings is 1. The Labute approximate surface area is 127 Å². The summed E-state index contributed by atoms with van der Waals surface area (Å²) in [5.41, 5.74) is 2.89. The normalized spacial score (nSPS) is 10.3. The van der Waals surface area contributed by atoms with Crippen molar-refractivity contribution in [3.63, 3.8) is 0 Å². The van der Waals surface area contributed by atoms with Gasteiger partial charge in [-0.25, -0.2) is 10.8 Å². The molecule has 0 saturated heterocycles. The van der Waals surface area contributed by atoms with Crippen LogP contribution < -0.4 is 16.0 Å². The van der Waals surface area contributed by atoms with Crippen molar-refractivity contribution in [3.8, 4) is 17.7 Å². The number of rotatable bonds is 3. The molecule has 0 bridgehead atoms. The average molecular weight is 346 g/mol. The second kappa shape index (κ2) is 5.40. The number of aromatic nitrogens is 2. The summed E-state index contributed by atoms with van der Waals surface area (Å²) in [4.78, 5) is 8.01. The van der Waals surface area contributed by atoms with E-state index >= 15 is 0 Å². The molecule has 3 rings (SSSR count). The van der Waals surface area contributed by atoms with Crippen LogP contribution in [0.1, 0.15) is 5.76 Å². The van der Waals surface area contributed by atoms with E-state index in [1.807, 2.05) is 18.2 Å². The molecule has 2 aromatic heterocycles. The molecule has 3 aromatic rings. The van der Waals surface area contributed by atoms with Crippen LogP contribution in [0.4, 0.5) is 5.95 Å². The third-order valence-corrected chi connectivity index (χ3v) is 3.24. The smallest absolute Gasteiger partial charge is 0.247 e. The fourth-order valence-corrected chi connectivity index (χ4v) is 2.06. The highest BCUT2D eigenvalue weighted by atomic mass is 79.9. The zero-order valence-electron chi connectivity index (χ0n) is 10.5. The van der Waals surface area contributed by atoms with Gasteiger partial charge in [-0.2, -0.15) is 10.2 Å². The van der Waals surface area contributed by atoms with Crippen LogP contribution in [0.3, 0.4) is 0 Å². The first-order valence-electron chi connectivity index (χ1n) is 5.81. The summed E-state index contributed by atoms with van der Waals surface area (Å²) in [6, 6.07) is 9.16. The van der Waals surface area contributed by atoms with Gasteiger partial charge in [0.05, 0.1) is 16.1 Å². The molecule has 0 fully saturated rings. The molecule has 7 nitrogen and oxygen atoms in total. The lowest BCUT2D eigenvalue weighted by molar-refractivity contribution is 0.447. The molecule has 104 valence electrons. The first-order valence-corrected chi connectivity index (χ1v) is 6.61. The number of hydrogen-bond donors (Lipinski definition) is 2. The highest BCUT2D eigenvalue weighted by Crippen LogP contribution is 2.37. The molecule has 3 N–H and O–H groups in total. The summed E-state index contributed by atoms with van der Waals surface area (Å²) in [6.07, 6.45) is 1.49. The second-order valence-electron chi connectivity index (χ2n) is 3.96. The molecular formula is C13H8BrN5O2. The summed E-state index contributed by atoms with van der Waals surface area (Å²) >= 11 is 3.28. The van der Waals surface area contributed by atoms with Gasteiger partial charge in [-0.3, -0.25) is 5.43 Å². The Bertz CT molecular complexity index is 855. The number of hydrazine groups is 1. The van der Waals surface area contributed by atoms with Crippen LogP contribution in [0, 0.1) is 11.3 Å². The number of halogens is 1. The van der Waals surface area contributed by atoms with Crippen LogP contribution in [0.2, 0.25) is 0 Å². The molecule has 0 atom stereocenters. The van der Waals surface area contributed by atoms with Gasteiger partial charge in [-0.15, -0.1) is 0 Å². The summed E-state index contributed by atoms with van der Waals surface area (Å²) in [6.45, 7) is 0. The number of nitrogen functional groups attached to an aromatic ring is 1. The number of para-hydroxylation sites is 1. The Balaban J connectivity index is 2.12. The van der Waals surface area contributed by atoms with Crippen LogP contribution in [-0.2, 0) is 0 Å². The number of nitrogens with one attached hydrogen (secondary N) is 1. The van der Waals surface area contributed by atoms with E-state index in [2.05, 4.69) is 31.3 Å². The second-order valence-corrected chi connectivity index (χ2v) is 4.82. The van der Waals surface area contributed by atoms with Crippen LogP contribution in [0.25, 0.3) is 11.0 Å². The number of nitrogens with zero attached hydrogens (tertiary/aromatic N) is 3. The van der Waals surface area contributed by atoms with Crippen molar-refractivity contribution >= 4 is 32.8 Å². The predicted octanol–water partition coefficient (Wildman–Crippen LogP) is 2.93. The third kappa shape index (κ3) is 2.40. The van der Waals surface area contributed by atoms with Gasteiger partial charge in [-0.05, 0) is 28.1 Å². The van der Waals surface area contributed by atoms with Gasteiger partial charge in [-0.1, -0.05) is 12.1 Å². The highest BCUT2D eigenvalue weighted by molar-refractivity contribution is 9.10. The van der Waals surface area contributed by atoms with E-state index in [1.165, 1.54) is 6.20 Å². The molecule has 0 saturated carbocycles. The topological polar surface area (TPSA) is 110 Å². The first-order chi connectivity index (χ1) is 10.2. The fraction of sp³-hybridized carbons (Fsp3) is 0. The molecule has 0 amide bonds. The van der Waals surface area contributed by atoms with E-state index in [-0.39, 0.29) is 17.6 Å². The lowest BCUT2D eigenvalue weighted by atomic mass is 10.2. The average Bonchev–Trinajstić information content (AvgIpc) is 2.87. The van der Waals surface area contributed by atoms with E-state index in [1.54, 1.807) is 12.1 Å². The van der Waals surface area contributed by atoms with Gasteiger partial charge in [0.15, 0.2) is 5.75 Å². The fourth-order valence-electron chi connectivity index (χ4n) is 1.79. The Morgan fingerprint density at radius 2 is 2.19 bits per heavy atom. The molecule has 1 aromatic carbocycles. The van der Waals surface area contributed by atoms with Gasteiger partial charge in [0.25, 0.3) is 0 Å². The van der Waals surface area contributed by atoms with Crippen molar-refractivity contribution in [2.45, 2.75) is 0 Å². The quantitative estimate of drug-likeness (QED) is 0.554. The molecule has 0 aliphatic carbocycles. The van der Waals surface area contributed by atoms with Crippen LogP contribution in [0.5, 0.6) is 11.6 Å². The zero-order chi connectivity index (χ0) is 14.8. The molecule has 0 radical (unpaired) electrons. The number of fused-ring (bicyclic) bond motifs is 1. The van der Waals surface area contributed by atoms with Crippen molar-refractivity contribution in [3.05, 3.63) is 40.7 Å². The maximum atomic E-state index is 9.17. The molecule has 2 heterocycles. The number of nitrogens with two attached hydrogens (primary N) is 1. The third-order valence-electron chi connectivity index (χ3n) is 2.69. The molecule has 0 aliphatic heterocycles. The number of ether oxygens (including phenoxy) is 1. The van der Waals surface area contributed by atoms with E-state index in [0.29, 0.717) is 21.2 Å². The lowest BCUT2D eigenvalue weighted by Crippen LogP contribution is -2.10. The van der Waals surface area contributed by atoms with Gasteiger partial charge < -0.3 is 9.15 Å². The molecule has 0 unspecified atom stereocenters. The highest BCUT2D eigenvalue weighted by Gasteiger charge is 2.18. The Hall–Kier alpha value is -2.63. The van der Waals surface area contributed by atoms with Gasteiger partial charge >= 0.3 is 0 Å². The maximum absolute atomic E-state index is 9.17. The van der Waals surface area contributed by atoms with Crippen LogP contribution >= 0.6 is 15.9 Å². The van der Waals surface area contributed by atoms with E-state index in [4.69, 9.17) is 20.3 Å². The van der Waals surface area contributed by atoms with Gasteiger partial charge in [0.2, 0.25) is 17.6 Å². The molecule has 21 heavy (non-hydrogen) atoms. The van der Waals surface area contributed by atoms with Gasteiger partial charge in [0, 0.05) is 0 Å².